The molecule has 1 heterocycles. The third kappa shape index (κ3) is 8.41. The highest BCUT2D eigenvalue weighted by atomic mass is 15.4. The summed E-state index contributed by atoms with van der Waals surface area (Å²) in [6.45, 7) is 27.8. The highest BCUT2D eigenvalue weighted by Crippen LogP contribution is 2.61. The zero-order valence-electron chi connectivity index (χ0n) is 26.4. The average Bonchev–Trinajstić information content (AvgIpc) is 2.86. The van der Waals surface area contributed by atoms with Crippen molar-refractivity contribution in [1.29, 1.82) is 0 Å². The van der Waals surface area contributed by atoms with Crippen molar-refractivity contribution in [2.24, 2.45) is 35.0 Å². The van der Waals surface area contributed by atoms with Crippen LogP contribution < -0.4 is 10.6 Å². The fourth-order valence-corrected chi connectivity index (χ4v) is 8.38. The van der Waals surface area contributed by atoms with Gasteiger partial charge in [-0.05, 0) is 67.6 Å². The lowest BCUT2D eigenvalue weighted by Crippen LogP contribution is -2.66. The molecule has 4 rings (SSSR count). The van der Waals surface area contributed by atoms with Crippen LogP contribution in [0.2, 0.25) is 0 Å². The van der Waals surface area contributed by atoms with Crippen LogP contribution in [0.1, 0.15) is 120 Å². The number of nitrogens with one attached hydrogen (secondary N) is 2. The van der Waals surface area contributed by atoms with E-state index in [0.29, 0.717) is 5.41 Å². The third-order valence-electron chi connectivity index (χ3n) is 11.1. The van der Waals surface area contributed by atoms with Gasteiger partial charge >= 0.3 is 0 Å². The van der Waals surface area contributed by atoms with Gasteiger partial charge in [0.2, 0.25) is 0 Å². The lowest BCUT2D eigenvalue weighted by atomic mass is 9.45. The highest BCUT2D eigenvalue weighted by molar-refractivity contribution is 5.07. The first-order chi connectivity index (χ1) is 17.7. The molecule has 2 unspecified atom stereocenters. The summed E-state index contributed by atoms with van der Waals surface area (Å²) in [5.74, 6) is 4.37. The van der Waals surface area contributed by atoms with Gasteiger partial charge in [0.1, 0.15) is 0 Å². The summed E-state index contributed by atoms with van der Waals surface area (Å²) >= 11 is 0. The van der Waals surface area contributed by atoms with Crippen molar-refractivity contribution in [3.8, 4) is 0 Å². The van der Waals surface area contributed by atoms with Gasteiger partial charge in [0.05, 0.1) is 6.67 Å². The maximum atomic E-state index is 4.07. The van der Waals surface area contributed by atoms with Crippen molar-refractivity contribution in [1.82, 2.24) is 20.4 Å². The molecule has 4 nitrogen and oxygen atoms in total. The van der Waals surface area contributed by atoms with E-state index >= 15 is 0 Å². The van der Waals surface area contributed by atoms with Crippen LogP contribution in [0.25, 0.3) is 0 Å². The van der Waals surface area contributed by atoms with Gasteiger partial charge in [0.25, 0.3) is 0 Å². The second kappa shape index (κ2) is 14.5. The summed E-state index contributed by atoms with van der Waals surface area (Å²) < 4.78 is 0. The molecule has 6 atom stereocenters. The molecule has 2 N–H and O–H groups in total. The van der Waals surface area contributed by atoms with Crippen LogP contribution in [0.5, 0.6) is 0 Å². The molecule has 4 heteroatoms. The number of hydrogen-bond donors (Lipinski definition) is 2. The average molecular weight is 519 g/mol. The van der Waals surface area contributed by atoms with Crippen LogP contribution in [0, 0.1) is 35.0 Å². The Balaban J connectivity index is 1.54. The highest BCUT2D eigenvalue weighted by Gasteiger charge is 2.56. The second-order valence-corrected chi connectivity index (χ2v) is 14.5. The monoisotopic (exact) mass is 519 g/mol. The zero-order valence-corrected chi connectivity index (χ0v) is 26.4. The third-order valence-corrected chi connectivity index (χ3v) is 11.1. The van der Waals surface area contributed by atoms with E-state index in [-0.39, 0.29) is 5.54 Å². The Morgan fingerprint density at radius 2 is 1.38 bits per heavy atom. The van der Waals surface area contributed by atoms with Crippen molar-refractivity contribution in [3.05, 3.63) is 0 Å². The number of unbranched alkanes of at least 4 members (excludes halogenated alkanes) is 2. The molecular weight excluding hydrogens is 452 g/mol. The van der Waals surface area contributed by atoms with Gasteiger partial charge in [0, 0.05) is 50.8 Å². The van der Waals surface area contributed by atoms with Gasteiger partial charge in [-0.25, -0.2) is 0 Å². The summed E-state index contributed by atoms with van der Waals surface area (Å²) in [7, 11) is 0. The van der Waals surface area contributed by atoms with Gasteiger partial charge < -0.3 is 10.6 Å². The summed E-state index contributed by atoms with van der Waals surface area (Å²) in [6.07, 6.45) is 13.7. The van der Waals surface area contributed by atoms with Crippen LogP contribution in [0.3, 0.4) is 0 Å². The number of rotatable bonds is 17. The van der Waals surface area contributed by atoms with Gasteiger partial charge in [-0.3, -0.25) is 9.80 Å². The van der Waals surface area contributed by atoms with Crippen molar-refractivity contribution in [3.63, 3.8) is 0 Å². The molecule has 0 aromatic carbocycles. The molecule has 0 radical (unpaired) electrons. The fourth-order valence-electron chi connectivity index (χ4n) is 8.38. The Morgan fingerprint density at radius 3 is 1.84 bits per heavy atom. The molecular formula is C33H66N4. The Hall–Kier alpha value is -0.160. The van der Waals surface area contributed by atoms with E-state index in [1.54, 1.807) is 0 Å². The van der Waals surface area contributed by atoms with Crippen molar-refractivity contribution >= 4 is 0 Å². The molecule has 3 aliphatic carbocycles. The molecule has 37 heavy (non-hydrogen) atoms. The molecule has 0 amide bonds. The zero-order chi connectivity index (χ0) is 27.1. The number of nitrogens with zero attached hydrogens (tertiary/aromatic N) is 2. The Morgan fingerprint density at radius 1 is 0.811 bits per heavy atom. The maximum Gasteiger partial charge on any atom is 0.0507 e. The minimum absolute atomic E-state index is 0.175. The number of fused-ring (bicyclic) bond motifs is 2. The van der Waals surface area contributed by atoms with Crippen LogP contribution in [0.15, 0.2) is 0 Å². The minimum atomic E-state index is 0.175. The second-order valence-electron chi connectivity index (χ2n) is 14.5. The van der Waals surface area contributed by atoms with Gasteiger partial charge in [-0.15, -0.1) is 0 Å². The molecule has 3 saturated carbocycles. The van der Waals surface area contributed by atoms with Crippen LogP contribution in [0.4, 0.5) is 0 Å². The summed E-state index contributed by atoms with van der Waals surface area (Å²) in [5, 5.41) is 8.06. The minimum Gasteiger partial charge on any atom is -0.312 e. The molecule has 0 aromatic rings. The van der Waals surface area contributed by atoms with Crippen LogP contribution in [-0.2, 0) is 0 Å². The largest absolute Gasteiger partial charge is 0.312 e. The predicted octanol–water partition coefficient (Wildman–Crippen LogP) is 7.00. The SMILES string of the molecule is CCCCC(CC)CN1CN(CC(CC)CCCC)CC(C)(NCCN[C@@H]2C[C@@H]3C[C@H]([C@H]2C)C3(C)C)C1. The van der Waals surface area contributed by atoms with E-state index in [1.165, 1.54) is 97.1 Å². The van der Waals surface area contributed by atoms with Crippen molar-refractivity contribution in [2.75, 3.05) is 45.9 Å². The molecule has 0 aromatic heterocycles. The number of hydrogen-bond acceptors (Lipinski definition) is 4. The predicted molar refractivity (Wildman–Crippen MR) is 162 cm³/mol. The first-order valence-corrected chi connectivity index (χ1v) is 16.6. The normalized spacial score (nSPS) is 33.7. The van der Waals surface area contributed by atoms with E-state index in [2.05, 4.69) is 75.8 Å². The van der Waals surface area contributed by atoms with E-state index in [1.807, 2.05) is 0 Å². The van der Waals surface area contributed by atoms with Gasteiger partial charge in [-0.2, -0.15) is 0 Å². The van der Waals surface area contributed by atoms with Crippen molar-refractivity contribution < 1.29 is 0 Å². The quantitative estimate of drug-likeness (QED) is 0.203. The van der Waals surface area contributed by atoms with Crippen LogP contribution in [-0.4, -0.2) is 67.3 Å². The van der Waals surface area contributed by atoms with Crippen LogP contribution >= 0.6 is 0 Å². The maximum absolute atomic E-state index is 4.07. The van der Waals surface area contributed by atoms with Crippen molar-refractivity contribution in [2.45, 2.75) is 131 Å². The van der Waals surface area contributed by atoms with Gasteiger partial charge in [-0.1, -0.05) is 87.0 Å². The van der Waals surface area contributed by atoms with E-state index in [4.69, 9.17) is 0 Å². The van der Waals surface area contributed by atoms with E-state index in [9.17, 15) is 0 Å². The fraction of sp³-hybridized carbons (Fsp3) is 1.00. The lowest BCUT2D eigenvalue weighted by molar-refractivity contribution is -0.114. The summed E-state index contributed by atoms with van der Waals surface area (Å²) in [6, 6.07) is 0.721. The standard InChI is InChI=1S/C33H66N4/c1-9-13-15-27(11-3)21-36-23-33(8,24-37(25-36)22-28(12-4)16-14-10-2)35-18-17-34-31-20-29-19-30(26(31)5)32(29,6)7/h26-31,34-35H,9-25H2,1-8H3/t26-,27?,28?,29+,30-,31-,33?/m1/s1. The molecule has 0 spiro atoms. The summed E-state index contributed by atoms with van der Waals surface area (Å²) in [5.41, 5.74) is 0.758. The Bertz CT molecular complexity index is 622. The molecule has 1 saturated heterocycles. The molecule has 218 valence electrons. The summed E-state index contributed by atoms with van der Waals surface area (Å²) in [4.78, 5) is 5.61. The molecule has 4 aliphatic rings. The van der Waals surface area contributed by atoms with E-state index < -0.39 is 0 Å². The Kier molecular flexibility index (Phi) is 12.3. The first-order valence-electron chi connectivity index (χ1n) is 16.6. The molecule has 4 fully saturated rings. The van der Waals surface area contributed by atoms with Gasteiger partial charge in [0.15, 0.2) is 0 Å². The first kappa shape index (κ1) is 31.4. The Labute approximate surface area is 232 Å². The lowest BCUT2D eigenvalue weighted by Gasteiger charge is -2.62. The van der Waals surface area contributed by atoms with E-state index in [0.717, 1.165) is 48.7 Å². The smallest absolute Gasteiger partial charge is 0.0507 e. The topological polar surface area (TPSA) is 30.5 Å². The molecule has 1 aliphatic heterocycles. The molecule has 2 bridgehead atoms.